The molecule has 0 radical (unpaired) electrons. The molecule has 0 fully saturated rings. The third-order valence-corrected chi connectivity index (χ3v) is 6.36. The summed E-state index contributed by atoms with van der Waals surface area (Å²) in [6.07, 6.45) is 7.50. The number of pyridine rings is 1. The van der Waals surface area contributed by atoms with E-state index in [0.717, 1.165) is 11.1 Å². The molecule has 0 spiro atoms. The molecule has 0 amide bonds. The predicted octanol–water partition coefficient (Wildman–Crippen LogP) is 3.84. The standard InChI is InChI=1S/C23H24N2O4S/c1-29-21-9-11-22(12-10-21)30(27,28)25(17-4-18-26)23-6-3-2-5-20(23)8-7-19-13-15-24-16-14-19/h2-3,5-16,26H,4,17-18H2,1H3. The van der Waals surface area contributed by atoms with Gasteiger partial charge >= 0.3 is 0 Å². The fourth-order valence-corrected chi connectivity index (χ4v) is 4.50. The highest BCUT2D eigenvalue weighted by molar-refractivity contribution is 7.92. The van der Waals surface area contributed by atoms with Crippen molar-refractivity contribution < 1.29 is 18.3 Å². The number of ether oxygens (including phenoxy) is 1. The summed E-state index contributed by atoms with van der Waals surface area (Å²) < 4.78 is 33.3. The first-order valence-corrected chi connectivity index (χ1v) is 10.9. The van der Waals surface area contributed by atoms with Gasteiger partial charge in [-0.1, -0.05) is 30.4 Å². The maximum atomic E-state index is 13.4. The molecular weight excluding hydrogens is 400 g/mol. The van der Waals surface area contributed by atoms with Gasteiger partial charge < -0.3 is 9.84 Å². The van der Waals surface area contributed by atoms with Crippen molar-refractivity contribution in [1.82, 2.24) is 4.98 Å². The second-order valence-corrected chi connectivity index (χ2v) is 8.36. The third kappa shape index (κ3) is 5.06. The van der Waals surface area contributed by atoms with Crippen molar-refractivity contribution in [3.63, 3.8) is 0 Å². The zero-order valence-corrected chi connectivity index (χ0v) is 17.5. The lowest BCUT2D eigenvalue weighted by Gasteiger charge is -2.26. The molecule has 30 heavy (non-hydrogen) atoms. The highest BCUT2D eigenvalue weighted by atomic mass is 32.2. The van der Waals surface area contributed by atoms with Crippen LogP contribution in [-0.4, -0.2) is 38.8 Å². The van der Waals surface area contributed by atoms with E-state index in [-0.39, 0.29) is 18.0 Å². The average molecular weight is 425 g/mol. The van der Waals surface area contributed by atoms with Crippen molar-refractivity contribution in [2.24, 2.45) is 0 Å². The van der Waals surface area contributed by atoms with Gasteiger partial charge in [0, 0.05) is 25.5 Å². The van der Waals surface area contributed by atoms with E-state index in [1.165, 1.54) is 23.5 Å². The molecule has 3 rings (SSSR count). The number of para-hydroxylation sites is 1. The zero-order chi connectivity index (χ0) is 21.4. The first-order chi connectivity index (χ1) is 14.6. The van der Waals surface area contributed by atoms with Gasteiger partial charge in [0.1, 0.15) is 5.75 Å². The molecule has 0 atom stereocenters. The number of aliphatic hydroxyl groups is 1. The Morgan fingerprint density at radius 1 is 1.00 bits per heavy atom. The van der Waals surface area contributed by atoms with E-state index in [0.29, 0.717) is 17.9 Å². The van der Waals surface area contributed by atoms with Gasteiger partial charge in [-0.3, -0.25) is 9.29 Å². The minimum absolute atomic E-state index is 0.107. The van der Waals surface area contributed by atoms with Crippen LogP contribution in [0.25, 0.3) is 12.2 Å². The molecule has 156 valence electrons. The summed E-state index contributed by atoms with van der Waals surface area (Å²) in [6, 6.07) is 17.3. The van der Waals surface area contributed by atoms with Crippen molar-refractivity contribution in [2.45, 2.75) is 11.3 Å². The Labute approximate surface area is 177 Å². The smallest absolute Gasteiger partial charge is 0.264 e. The number of hydrogen-bond acceptors (Lipinski definition) is 5. The van der Waals surface area contributed by atoms with E-state index in [1.807, 2.05) is 36.4 Å². The summed E-state index contributed by atoms with van der Waals surface area (Å²) in [5, 5.41) is 9.33. The lowest BCUT2D eigenvalue weighted by Crippen LogP contribution is -2.33. The normalized spacial score (nSPS) is 11.5. The summed E-state index contributed by atoms with van der Waals surface area (Å²) in [4.78, 5) is 4.17. The largest absolute Gasteiger partial charge is 0.497 e. The lowest BCUT2D eigenvalue weighted by molar-refractivity contribution is 0.291. The van der Waals surface area contributed by atoms with Crippen LogP contribution in [0.3, 0.4) is 0 Å². The Bertz CT molecular complexity index is 1080. The summed E-state index contributed by atoms with van der Waals surface area (Å²) in [5.41, 5.74) is 2.26. The van der Waals surface area contributed by atoms with Crippen molar-refractivity contribution in [3.05, 3.63) is 84.2 Å². The molecule has 0 bridgehead atoms. The van der Waals surface area contributed by atoms with Gasteiger partial charge in [-0.2, -0.15) is 0 Å². The monoisotopic (exact) mass is 424 g/mol. The quantitative estimate of drug-likeness (QED) is 0.565. The van der Waals surface area contributed by atoms with E-state index in [9.17, 15) is 13.5 Å². The molecule has 0 unspecified atom stereocenters. The summed E-state index contributed by atoms with van der Waals surface area (Å²) in [6.45, 7) is 0.0502. The summed E-state index contributed by atoms with van der Waals surface area (Å²) in [7, 11) is -2.30. The van der Waals surface area contributed by atoms with Crippen molar-refractivity contribution >= 4 is 27.9 Å². The number of aromatic nitrogens is 1. The van der Waals surface area contributed by atoms with Gasteiger partial charge in [-0.25, -0.2) is 8.42 Å². The Hall–Kier alpha value is -3.16. The molecule has 0 saturated carbocycles. The third-order valence-electron chi connectivity index (χ3n) is 4.53. The highest BCUT2D eigenvalue weighted by Crippen LogP contribution is 2.29. The molecule has 3 aromatic rings. The number of aliphatic hydroxyl groups excluding tert-OH is 1. The van der Waals surface area contributed by atoms with E-state index >= 15 is 0 Å². The summed E-state index contributed by atoms with van der Waals surface area (Å²) in [5.74, 6) is 0.580. The fourth-order valence-electron chi connectivity index (χ4n) is 2.98. The lowest BCUT2D eigenvalue weighted by atomic mass is 10.1. The zero-order valence-electron chi connectivity index (χ0n) is 16.7. The first-order valence-electron chi connectivity index (χ1n) is 9.51. The minimum atomic E-state index is -3.83. The van der Waals surface area contributed by atoms with E-state index in [2.05, 4.69) is 4.98 Å². The van der Waals surface area contributed by atoms with Gasteiger partial charge in [-0.05, 0) is 60.0 Å². The molecule has 1 aromatic heterocycles. The van der Waals surface area contributed by atoms with Gasteiger partial charge in [0.2, 0.25) is 0 Å². The molecule has 1 N–H and O–H groups in total. The summed E-state index contributed by atoms with van der Waals surface area (Å²) >= 11 is 0. The van der Waals surface area contributed by atoms with Crippen LogP contribution in [0.1, 0.15) is 17.5 Å². The Kier molecular flexibility index (Phi) is 7.21. The van der Waals surface area contributed by atoms with Crippen LogP contribution in [0.4, 0.5) is 5.69 Å². The maximum Gasteiger partial charge on any atom is 0.264 e. The highest BCUT2D eigenvalue weighted by Gasteiger charge is 2.26. The molecule has 1 heterocycles. The molecule has 0 aliphatic rings. The van der Waals surface area contributed by atoms with E-state index in [1.54, 1.807) is 36.7 Å². The predicted molar refractivity (Wildman–Crippen MR) is 119 cm³/mol. The van der Waals surface area contributed by atoms with E-state index in [4.69, 9.17) is 4.74 Å². The van der Waals surface area contributed by atoms with Crippen LogP contribution in [0.5, 0.6) is 5.75 Å². The van der Waals surface area contributed by atoms with Crippen molar-refractivity contribution in [3.8, 4) is 5.75 Å². The Morgan fingerprint density at radius 2 is 1.70 bits per heavy atom. The second-order valence-electron chi connectivity index (χ2n) is 6.50. The number of anilines is 1. The van der Waals surface area contributed by atoms with Crippen molar-refractivity contribution in [2.75, 3.05) is 24.6 Å². The van der Waals surface area contributed by atoms with Crippen LogP contribution in [-0.2, 0) is 10.0 Å². The van der Waals surface area contributed by atoms with E-state index < -0.39 is 10.0 Å². The van der Waals surface area contributed by atoms with Gasteiger partial charge in [-0.15, -0.1) is 0 Å². The molecule has 0 aliphatic carbocycles. The number of sulfonamides is 1. The van der Waals surface area contributed by atoms with Crippen LogP contribution >= 0.6 is 0 Å². The van der Waals surface area contributed by atoms with Crippen LogP contribution < -0.4 is 9.04 Å². The molecular formula is C23H24N2O4S. The number of nitrogens with zero attached hydrogens (tertiary/aromatic N) is 2. The Morgan fingerprint density at radius 3 is 2.37 bits per heavy atom. The van der Waals surface area contributed by atoms with Crippen LogP contribution in [0.2, 0.25) is 0 Å². The molecule has 0 saturated heterocycles. The Balaban J connectivity index is 2.02. The average Bonchev–Trinajstić information content (AvgIpc) is 2.79. The van der Waals surface area contributed by atoms with Gasteiger partial charge in [0.05, 0.1) is 17.7 Å². The molecule has 6 nitrogen and oxygen atoms in total. The van der Waals surface area contributed by atoms with Crippen LogP contribution in [0.15, 0.2) is 78.0 Å². The SMILES string of the molecule is COc1ccc(S(=O)(=O)N(CCCO)c2ccccc2C=Cc2ccncc2)cc1. The van der Waals surface area contributed by atoms with Gasteiger partial charge in [0.15, 0.2) is 0 Å². The number of benzene rings is 2. The van der Waals surface area contributed by atoms with Crippen molar-refractivity contribution in [1.29, 1.82) is 0 Å². The molecule has 7 heteroatoms. The number of rotatable bonds is 9. The number of methoxy groups -OCH3 is 1. The topological polar surface area (TPSA) is 79.7 Å². The molecule has 2 aromatic carbocycles. The fraction of sp³-hybridized carbons (Fsp3) is 0.174. The van der Waals surface area contributed by atoms with Gasteiger partial charge in [0.25, 0.3) is 10.0 Å². The maximum absolute atomic E-state index is 13.4. The number of hydrogen-bond donors (Lipinski definition) is 1. The minimum Gasteiger partial charge on any atom is -0.497 e. The second kappa shape index (κ2) is 10.0. The molecule has 0 aliphatic heterocycles. The van der Waals surface area contributed by atoms with Crippen LogP contribution in [0, 0.1) is 0 Å². The first kappa shape index (κ1) is 21.5.